The van der Waals surface area contributed by atoms with Crippen LogP contribution < -0.4 is 0 Å². The van der Waals surface area contributed by atoms with E-state index in [2.05, 4.69) is 21.8 Å². The number of fused-ring (bicyclic) bond motifs is 1. The van der Waals surface area contributed by atoms with Crippen molar-refractivity contribution in [3.05, 3.63) is 16.6 Å². The van der Waals surface area contributed by atoms with Gasteiger partial charge in [-0.1, -0.05) is 0 Å². The fraction of sp³-hybridized carbons (Fsp3) is 0.765. The molecule has 132 valence electrons. The normalized spacial score (nSPS) is 32.0. The highest BCUT2D eigenvalue weighted by molar-refractivity contribution is 7.09. The lowest BCUT2D eigenvalue weighted by atomic mass is 9.98. The van der Waals surface area contributed by atoms with E-state index in [4.69, 9.17) is 4.74 Å². The van der Waals surface area contributed by atoms with Gasteiger partial charge in [0.15, 0.2) is 0 Å². The zero-order valence-corrected chi connectivity index (χ0v) is 15.1. The first kappa shape index (κ1) is 16.4. The number of rotatable bonds is 3. The van der Waals surface area contributed by atoms with Crippen LogP contribution >= 0.6 is 11.3 Å². The third kappa shape index (κ3) is 3.35. The second kappa shape index (κ2) is 7.07. The number of nitrogens with zero attached hydrogens (tertiary/aromatic N) is 4. The van der Waals surface area contributed by atoms with Gasteiger partial charge in [-0.3, -0.25) is 9.69 Å². The average Bonchev–Trinajstić information content (AvgIpc) is 3.25. The number of likely N-dealkylation sites (N-methyl/N-ethyl adjacent to an activating group) is 1. The number of amides is 1. The summed E-state index contributed by atoms with van der Waals surface area (Å²) >= 11 is 1.72. The number of aromatic nitrogens is 1. The summed E-state index contributed by atoms with van der Waals surface area (Å²) in [7, 11) is 2.11. The molecule has 3 aliphatic heterocycles. The molecule has 0 bridgehead atoms. The molecule has 1 aromatic rings. The van der Waals surface area contributed by atoms with Crippen LogP contribution in [0.1, 0.15) is 24.3 Å². The van der Waals surface area contributed by atoms with E-state index in [1.165, 1.54) is 5.01 Å². The maximum absolute atomic E-state index is 12.7. The molecule has 0 N–H and O–H groups in total. The number of ether oxygens (including phenoxy) is 1. The second-order valence-corrected chi connectivity index (χ2v) is 8.10. The Morgan fingerprint density at radius 1 is 1.25 bits per heavy atom. The summed E-state index contributed by atoms with van der Waals surface area (Å²) in [5.41, 5.74) is 0. The number of carbonyl (C=O) groups excluding carboxylic acids is 1. The Morgan fingerprint density at radius 2 is 2.08 bits per heavy atom. The van der Waals surface area contributed by atoms with Crippen LogP contribution in [0.25, 0.3) is 0 Å². The molecule has 4 rings (SSSR count). The fourth-order valence-electron chi connectivity index (χ4n) is 4.13. The molecule has 0 aromatic carbocycles. The monoisotopic (exact) mass is 350 g/mol. The molecule has 3 atom stereocenters. The topological polar surface area (TPSA) is 48.9 Å². The van der Waals surface area contributed by atoms with Crippen molar-refractivity contribution in [2.75, 3.05) is 39.8 Å². The number of hydrogen-bond donors (Lipinski definition) is 0. The van der Waals surface area contributed by atoms with Gasteiger partial charge in [-0.15, -0.1) is 11.3 Å². The molecule has 0 aliphatic carbocycles. The van der Waals surface area contributed by atoms with E-state index < -0.39 is 0 Å². The molecule has 4 heterocycles. The molecule has 1 aromatic heterocycles. The lowest BCUT2D eigenvalue weighted by Crippen LogP contribution is -2.53. The molecule has 0 spiro atoms. The lowest BCUT2D eigenvalue weighted by molar-refractivity contribution is -0.156. The van der Waals surface area contributed by atoms with Crippen molar-refractivity contribution in [2.24, 2.45) is 0 Å². The molecule has 3 aliphatic rings. The van der Waals surface area contributed by atoms with Gasteiger partial charge in [0.05, 0.1) is 12.6 Å². The molecule has 0 radical (unpaired) electrons. The van der Waals surface area contributed by atoms with Gasteiger partial charge in [-0.2, -0.15) is 0 Å². The van der Waals surface area contributed by atoms with Crippen LogP contribution in [0.15, 0.2) is 11.6 Å². The first-order chi connectivity index (χ1) is 11.7. The van der Waals surface area contributed by atoms with Crippen LogP contribution in [0, 0.1) is 0 Å². The molecule has 0 unspecified atom stereocenters. The average molecular weight is 350 g/mol. The number of carbonyl (C=O) groups is 1. The van der Waals surface area contributed by atoms with E-state index in [1.54, 1.807) is 11.3 Å². The van der Waals surface area contributed by atoms with Crippen molar-refractivity contribution in [2.45, 2.75) is 44.1 Å². The quantitative estimate of drug-likeness (QED) is 0.815. The van der Waals surface area contributed by atoms with Crippen LogP contribution in [0.4, 0.5) is 0 Å². The van der Waals surface area contributed by atoms with Crippen LogP contribution in [-0.2, 0) is 16.1 Å². The summed E-state index contributed by atoms with van der Waals surface area (Å²) in [4.78, 5) is 23.9. The summed E-state index contributed by atoms with van der Waals surface area (Å²) in [6.45, 7) is 5.56. The Morgan fingerprint density at radius 3 is 2.83 bits per heavy atom. The third-order valence-electron chi connectivity index (χ3n) is 5.57. The van der Waals surface area contributed by atoms with E-state index in [1.807, 2.05) is 16.5 Å². The van der Waals surface area contributed by atoms with Crippen molar-refractivity contribution in [1.82, 2.24) is 19.7 Å². The van der Waals surface area contributed by atoms with Gasteiger partial charge in [0.2, 0.25) is 0 Å². The van der Waals surface area contributed by atoms with Crippen molar-refractivity contribution in [1.29, 1.82) is 0 Å². The predicted octanol–water partition coefficient (Wildman–Crippen LogP) is 1.04. The summed E-state index contributed by atoms with van der Waals surface area (Å²) in [6, 6.07) is 0.449. The number of hydrogen-bond acceptors (Lipinski definition) is 6. The van der Waals surface area contributed by atoms with Gasteiger partial charge >= 0.3 is 0 Å². The van der Waals surface area contributed by atoms with Gasteiger partial charge in [0.25, 0.3) is 5.91 Å². The van der Waals surface area contributed by atoms with E-state index >= 15 is 0 Å². The zero-order chi connectivity index (χ0) is 16.5. The molecule has 1 amide bonds. The van der Waals surface area contributed by atoms with E-state index in [-0.39, 0.29) is 18.1 Å². The van der Waals surface area contributed by atoms with Crippen LogP contribution in [0.5, 0.6) is 0 Å². The zero-order valence-electron chi connectivity index (χ0n) is 14.3. The number of likely N-dealkylation sites (tertiary alicyclic amines) is 1. The van der Waals surface area contributed by atoms with E-state index in [9.17, 15) is 4.79 Å². The molecular formula is C17H26N4O2S. The highest BCUT2D eigenvalue weighted by Gasteiger charge is 2.42. The summed E-state index contributed by atoms with van der Waals surface area (Å²) in [5, 5.41) is 3.21. The Labute approximate surface area is 147 Å². The minimum Gasteiger partial charge on any atom is -0.363 e. The molecule has 3 fully saturated rings. The Kier molecular flexibility index (Phi) is 4.85. The van der Waals surface area contributed by atoms with Crippen LogP contribution in [0.3, 0.4) is 0 Å². The standard InChI is InChI=1S/C17H26N4O2S/c1-19-7-9-20(10-8-19)17(22)15-3-2-13-14(23-15)4-6-21(13)12-16-18-5-11-24-16/h5,11,13-15H,2-4,6-10,12H2,1H3/t13-,14-,15+/m1/s1. The van der Waals surface area contributed by atoms with Crippen molar-refractivity contribution < 1.29 is 9.53 Å². The van der Waals surface area contributed by atoms with Crippen LogP contribution in [-0.4, -0.2) is 83.6 Å². The van der Waals surface area contributed by atoms with Crippen LogP contribution in [0.2, 0.25) is 0 Å². The highest BCUT2D eigenvalue weighted by atomic mass is 32.1. The Bertz CT molecular complexity index is 559. The summed E-state index contributed by atoms with van der Waals surface area (Å²) in [6.07, 6.45) is 4.79. The maximum atomic E-state index is 12.7. The van der Waals surface area contributed by atoms with Crippen molar-refractivity contribution in [3.63, 3.8) is 0 Å². The number of thiazole rings is 1. The summed E-state index contributed by atoms with van der Waals surface area (Å²) in [5.74, 6) is 0.208. The fourth-order valence-corrected chi connectivity index (χ4v) is 4.77. The molecule has 24 heavy (non-hydrogen) atoms. The van der Waals surface area contributed by atoms with E-state index in [0.29, 0.717) is 6.04 Å². The number of piperazine rings is 1. The first-order valence-corrected chi connectivity index (χ1v) is 9.84. The molecule has 3 saturated heterocycles. The highest BCUT2D eigenvalue weighted by Crippen LogP contribution is 2.33. The minimum atomic E-state index is -0.227. The van der Waals surface area contributed by atoms with Gasteiger partial charge in [-0.05, 0) is 26.3 Å². The van der Waals surface area contributed by atoms with Gasteiger partial charge in [0, 0.05) is 50.3 Å². The molecule has 6 nitrogen and oxygen atoms in total. The van der Waals surface area contributed by atoms with Crippen molar-refractivity contribution in [3.8, 4) is 0 Å². The molecule has 7 heteroatoms. The summed E-state index contributed by atoms with van der Waals surface area (Å²) < 4.78 is 6.24. The maximum Gasteiger partial charge on any atom is 0.251 e. The SMILES string of the molecule is CN1CCN(C(=O)[C@@H]2CC[C@@H]3[C@@H](CCN3Cc3nccs3)O2)CC1. The second-order valence-electron chi connectivity index (χ2n) is 7.12. The van der Waals surface area contributed by atoms with Crippen molar-refractivity contribution >= 4 is 17.2 Å². The van der Waals surface area contributed by atoms with Gasteiger partial charge in [0.1, 0.15) is 11.1 Å². The predicted molar refractivity (Wildman–Crippen MR) is 92.9 cm³/mol. The first-order valence-electron chi connectivity index (χ1n) is 8.96. The van der Waals surface area contributed by atoms with E-state index in [0.717, 1.165) is 58.5 Å². The Hall–Kier alpha value is -1.02. The van der Waals surface area contributed by atoms with Gasteiger partial charge < -0.3 is 14.5 Å². The largest absolute Gasteiger partial charge is 0.363 e. The third-order valence-corrected chi connectivity index (χ3v) is 6.34. The minimum absolute atomic E-state index is 0.208. The smallest absolute Gasteiger partial charge is 0.251 e. The Balaban J connectivity index is 1.33. The molecular weight excluding hydrogens is 324 g/mol. The molecule has 0 saturated carbocycles. The van der Waals surface area contributed by atoms with Gasteiger partial charge in [-0.25, -0.2) is 4.98 Å². The lowest BCUT2D eigenvalue weighted by Gasteiger charge is -2.39.